The lowest BCUT2D eigenvalue weighted by Crippen LogP contribution is -2.17. The molecule has 0 atom stereocenters. The molecule has 0 amide bonds. The third-order valence-corrected chi connectivity index (χ3v) is 4.62. The molecular formula is C16H10BrClN6O3. The average molecular weight is 450 g/mol. The van der Waals surface area contributed by atoms with Crippen LogP contribution in [0.15, 0.2) is 45.9 Å². The van der Waals surface area contributed by atoms with E-state index in [9.17, 15) is 9.59 Å². The Kier molecular flexibility index (Phi) is 4.28. The highest BCUT2D eigenvalue weighted by molar-refractivity contribution is 9.10. The number of hydrogen-bond acceptors (Lipinski definition) is 5. The number of aromatic nitrogens is 6. The van der Waals surface area contributed by atoms with E-state index in [1.165, 1.54) is 10.9 Å². The third-order valence-electron chi connectivity index (χ3n) is 3.84. The first-order valence-corrected chi connectivity index (χ1v) is 8.78. The van der Waals surface area contributed by atoms with Crippen LogP contribution in [0.25, 0.3) is 17.0 Å². The van der Waals surface area contributed by atoms with Crippen molar-refractivity contribution in [1.29, 1.82) is 0 Å². The number of carbonyl (C=O) groups is 1. The van der Waals surface area contributed by atoms with E-state index in [1.54, 1.807) is 0 Å². The van der Waals surface area contributed by atoms with Gasteiger partial charge in [0.25, 0.3) is 5.56 Å². The van der Waals surface area contributed by atoms with Crippen LogP contribution < -0.4 is 5.56 Å². The molecule has 3 aromatic heterocycles. The van der Waals surface area contributed by atoms with E-state index in [2.05, 4.69) is 36.1 Å². The summed E-state index contributed by atoms with van der Waals surface area (Å²) in [6.07, 6.45) is 2.40. The SMILES string of the molecule is O=C(O)c1cnn(-c2nc3c(Cl)nn(Cc4ccc(Br)cc4)c3c(=O)[nH]2)c1. The summed E-state index contributed by atoms with van der Waals surface area (Å²) in [6, 6.07) is 7.58. The number of rotatable bonds is 4. The summed E-state index contributed by atoms with van der Waals surface area (Å²) < 4.78 is 3.58. The van der Waals surface area contributed by atoms with Gasteiger partial charge < -0.3 is 5.11 Å². The molecule has 0 spiro atoms. The van der Waals surface area contributed by atoms with Crippen LogP contribution in [-0.2, 0) is 6.54 Å². The number of nitrogens with zero attached hydrogens (tertiary/aromatic N) is 5. The molecule has 0 bridgehead atoms. The van der Waals surface area contributed by atoms with Crippen molar-refractivity contribution in [2.75, 3.05) is 0 Å². The minimum atomic E-state index is -1.13. The van der Waals surface area contributed by atoms with Gasteiger partial charge in [-0.1, -0.05) is 39.7 Å². The monoisotopic (exact) mass is 448 g/mol. The molecule has 0 saturated carbocycles. The summed E-state index contributed by atoms with van der Waals surface area (Å²) in [4.78, 5) is 30.5. The Bertz CT molecular complexity index is 1230. The molecule has 0 aliphatic carbocycles. The molecule has 0 fully saturated rings. The van der Waals surface area contributed by atoms with Crippen molar-refractivity contribution in [1.82, 2.24) is 29.5 Å². The second-order valence-electron chi connectivity index (χ2n) is 5.64. The number of hydrogen-bond donors (Lipinski definition) is 2. The standard InChI is InChI=1S/C16H10BrClN6O3/c17-10-3-1-8(2-4-10)6-23-12-11(13(18)22-23)20-16(21-14(12)25)24-7-9(5-19-24)15(26)27/h1-5,7H,6H2,(H,26,27)(H,20,21,25). The summed E-state index contributed by atoms with van der Waals surface area (Å²) in [5.41, 5.74) is 0.867. The largest absolute Gasteiger partial charge is 0.478 e. The number of aromatic carboxylic acids is 1. The Morgan fingerprint density at radius 1 is 1.30 bits per heavy atom. The molecule has 0 unspecified atom stereocenters. The topological polar surface area (TPSA) is 119 Å². The Hall–Kier alpha value is -2.98. The maximum absolute atomic E-state index is 12.6. The molecule has 27 heavy (non-hydrogen) atoms. The highest BCUT2D eigenvalue weighted by atomic mass is 79.9. The fourth-order valence-electron chi connectivity index (χ4n) is 2.58. The molecular weight excluding hydrogens is 440 g/mol. The summed E-state index contributed by atoms with van der Waals surface area (Å²) >= 11 is 9.55. The maximum Gasteiger partial charge on any atom is 0.338 e. The Labute approximate surface area is 164 Å². The van der Waals surface area contributed by atoms with Crippen LogP contribution in [0.5, 0.6) is 0 Å². The van der Waals surface area contributed by atoms with Gasteiger partial charge in [-0.15, -0.1) is 0 Å². The van der Waals surface area contributed by atoms with Crippen molar-refractivity contribution >= 4 is 44.5 Å². The van der Waals surface area contributed by atoms with E-state index in [0.717, 1.165) is 20.9 Å². The first-order chi connectivity index (χ1) is 12.9. The molecule has 4 aromatic rings. The van der Waals surface area contributed by atoms with Crippen molar-refractivity contribution in [2.45, 2.75) is 6.54 Å². The van der Waals surface area contributed by atoms with Crippen molar-refractivity contribution in [2.24, 2.45) is 0 Å². The zero-order valence-electron chi connectivity index (χ0n) is 13.4. The Balaban J connectivity index is 1.79. The second-order valence-corrected chi connectivity index (χ2v) is 6.91. The van der Waals surface area contributed by atoms with Gasteiger partial charge in [0.05, 0.1) is 18.3 Å². The zero-order valence-corrected chi connectivity index (χ0v) is 15.8. The van der Waals surface area contributed by atoms with E-state index in [0.29, 0.717) is 6.54 Å². The lowest BCUT2D eigenvalue weighted by molar-refractivity contribution is 0.0697. The van der Waals surface area contributed by atoms with Crippen LogP contribution in [0, 0.1) is 0 Å². The van der Waals surface area contributed by atoms with E-state index in [-0.39, 0.29) is 27.7 Å². The summed E-state index contributed by atoms with van der Waals surface area (Å²) in [7, 11) is 0. The lowest BCUT2D eigenvalue weighted by atomic mass is 10.2. The van der Waals surface area contributed by atoms with Gasteiger partial charge in [-0.05, 0) is 17.7 Å². The minimum absolute atomic E-state index is 0.0326. The van der Waals surface area contributed by atoms with Gasteiger partial charge >= 0.3 is 5.97 Å². The van der Waals surface area contributed by atoms with Gasteiger partial charge in [0.2, 0.25) is 5.95 Å². The molecule has 2 N–H and O–H groups in total. The molecule has 4 rings (SSSR count). The number of carboxylic acids is 1. The van der Waals surface area contributed by atoms with Crippen LogP contribution in [0.2, 0.25) is 5.15 Å². The van der Waals surface area contributed by atoms with E-state index in [4.69, 9.17) is 16.7 Å². The molecule has 0 aliphatic heterocycles. The van der Waals surface area contributed by atoms with Crippen LogP contribution in [0.4, 0.5) is 0 Å². The molecule has 9 nitrogen and oxygen atoms in total. The van der Waals surface area contributed by atoms with Gasteiger partial charge in [0.1, 0.15) is 5.52 Å². The van der Waals surface area contributed by atoms with Gasteiger partial charge in [-0.2, -0.15) is 10.2 Å². The van der Waals surface area contributed by atoms with Crippen molar-refractivity contribution < 1.29 is 9.90 Å². The van der Waals surface area contributed by atoms with Crippen LogP contribution in [0.1, 0.15) is 15.9 Å². The van der Waals surface area contributed by atoms with Crippen LogP contribution >= 0.6 is 27.5 Å². The molecule has 136 valence electrons. The van der Waals surface area contributed by atoms with Crippen molar-refractivity contribution in [3.05, 3.63) is 67.8 Å². The predicted molar refractivity (Wildman–Crippen MR) is 100 cm³/mol. The fourth-order valence-corrected chi connectivity index (χ4v) is 3.06. The molecule has 1 aromatic carbocycles. The number of benzene rings is 1. The predicted octanol–water partition coefficient (Wildman–Crippen LogP) is 2.47. The van der Waals surface area contributed by atoms with Crippen LogP contribution in [-0.4, -0.2) is 40.6 Å². The first-order valence-electron chi connectivity index (χ1n) is 7.61. The van der Waals surface area contributed by atoms with E-state index in [1.807, 2.05) is 24.3 Å². The number of halogens is 2. The highest BCUT2D eigenvalue weighted by Crippen LogP contribution is 2.20. The fraction of sp³-hybridized carbons (Fsp3) is 0.0625. The van der Waals surface area contributed by atoms with Crippen molar-refractivity contribution in [3.8, 4) is 5.95 Å². The first kappa shape index (κ1) is 17.4. The Morgan fingerprint density at radius 2 is 2.04 bits per heavy atom. The number of carboxylic acid groups (broad SMARTS) is 1. The second kappa shape index (κ2) is 6.63. The zero-order chi connectivity index (χ0) is 19.1. The smallest absolute Gasteiger partial charge is 0.338 e. The minimum Gasteiger partial charge on any atom is -0.478 e. The number of nitrogens with one attached hydrogen (secondary N) is 1. The summed E-state index contributed by atoms with van der Waals surface area (Å²) in [5.74, 6) is -1.09. The molecule has 11 heteroatoms. The number of fused-ring (bicyclic) bond motifs is 1. The maximum atomic E-state index is 12.6. The molecule has 3 heterocycles. The highest BCUT2D eigenvalue weighted by Gasteiger charge is 2.17. The van der Waals surface area contributed by atoms with E-state index < -0.39 is 11.5 Å². The van der Waals surface area contributed by atoms with Gasteiger partial charge in [-0.25, -0.2) is 14.5 Å². The molecule has 0 radical (unpaired) electrons. The van der Waals surface area contributed by atoms with E-state index >= 15 is 0 Å². The normalized spacial score (nSPS) is 11.2. The lowest BCUT2D eigenvalue weighted by Gasteiger charge is -2.04. The summed E-state index contributed by atoms with van der Waals surface area (Å²) in [5, 5.41) is 17.2. The Morgan fingerprint density at radius 3 is 2.70 bits per heavy atom. The molecule has 0 saturated heterocycles. The van der Waals surface area contributed by atoms with Crippen molar-refractivity contribution in [3.63, 3.8) is 0 Å². The van der Waals surface area contributed by atoms with Gasteiger partial charge in [0.15, 0.2) is 10.7 Å². The molecule has 0 aliphatic rings. The summed E-state index contributed by atoms with van der Waals surface area (Å²) in [6.45, 7) is 0.339. The van der Waals surface area contributed by atoms with Crippen LogP contribution in [0.3, 0.4) is 0 Å². The quantitative estimate of drug-likeness (QED) is 0.494. The van der Waals surface area contributed by atoms with Gasteiger partial charge in [0, 0.05) is 10.7 Å². The average Bonchev–Trinajstić information content (AvgIpc) is 3.23. The third kappa shape index (κ3) is 3.24. The van der Waals surface area contributed by atoms with Gasteiger partial charge in [-0.3, -0.25) is 14.5 Å². The number of aromatic amines is 1. The number of H-pyrrole nitrogens is 1.